The third-order valence-corrected chi connectivity index (χ3v) is 3.89. The SMILES string of the molecule is CN(Cc1ccccn1)C(=O)c1ccc(NC(=O)Nc2ccccc2)cc1. The summed E-state index contributed by atoms with van der Waals surface area (Å²) >= 11 is 0. The zero-order valence-corrected chi connectivity index (χ0v) is 14.9. The van der Waals surface area contributed by atoms with Gasteiger partial charge in [0.25, 0.3) is 5.91 Å². The molecule has 27 heavy (non-hydrogen) atoms. The lowest BCUT2D eigenvalue weighted by Gasteiger charge is -2.17. The summed E-state index contributed by atoms with van der Waals surface area (Å²) in [4.78, 5) is 30.4. The van der Waals surface area contributed by atoms with E-state index in [4.69, 9.17) is 0 Å². The van der Waals surface area contributed by atoms with Crippen molar-refractivity contribution in [3.8, 4) is 0 Å². The number of benzene rings is 2. The minimum absolute atomic E-state index is 0.110. The van der Waals surface area contributed by atoms with Crippen LogP contribution in [0.5, 0.6) is 0 Å². The second kappa shape index (κ2) is 8.62. The largest absolute Gasteiger partial charge is 0.336 e. The van der Waals surface area contributed by atoms with Crippen LogP contribution in [0, 0.1) is 0 Å². The number of hydrogen-bond acceptors (Lipinski definition) is 3. The summed E-state index contributed by atoms with van der Waals surface area (Å²) in [6.45, 7) is 0.430. The molecule has 3 rings (SSSR count). The Labute approximate surface area is 157 Å². The molecular weight excluding hydrogens is 340 g/mol. The highest BCUT2D eigenvalue weighted by molar-refractivity contribution is 6.00. The average molecular weight is 360 g/mol. The molecule has 2 N–H and O–H groups in total. The molecule has 0 saturated carbocycles. The number of hydrogen-bond donors (Lipinski definition) is 2. The maximum Gasteiger partial charge on any atom is 0.323 e. The molecule has 6 nitrogen and oxygen atoms in total. The predicted molar refractivity (Wildman–Crippen MR) is 106 cm³/mol. The van der Waals surface area contributed by atoms with E-state index in [1.807, 2.05) is 36.4 Å². The first kappa shape index (κ1) is 18.1. The fourth-order valence-corrected chi connectivity index (χ4v) is 2.54. The molecule has 3 aromatic rings. The predicted octanol–water partition coefficient (Wildman–Crippen LogP) is 4.00. The molecular formula is C21H20N4O2. The Kier molecular flexibility index (Phi) is 5.79. The van der Waals surface area contributed by atoms with Gasteiger partial charge < -0.3 is 15.5 Å². The molecule has 0 aliphatic carbocycles. The Morgan fingerprint density at radius 1 is 0.852 bits per heavy atom. The molecule has 2 aromatic carbocycles. The Balaban J connectivity index is 1.57. The maximum atomic E-state index is 12.5. The number of pyridine rings is 1. The van der Waals surface area contributed by atoms with Crippen LogP contribution in [0.1, 0.15) is 16.1 Å². The van der Waals surface area contributed by atoms with Crippen molar-refractivity contribution in [2.24, 2.45) is 0 Å². The second-order valence-corrected chi connectivity index (χ2v) is 6.00. The first-order valence-electron chi connectivity index (χ1n) is 8.50. The molecule has 1 aromatic heterocycles. The van der Waals surface area contributed by atoms with Gasteiger partial charge in [0.1, 0.15) is 0 Å². The van der Waals surface area contributed by atoms with Gasteiger partial charge in [-0.05, 0) is 48.5 Å². The highest BCUT2D eigenvalue weighted by Crippen LogP contribution is 2.13. The molecule has 0 aliphatic rings. The maximum absolute atomic E-state index is 12.5. The van der Waals surface area contributed by atoms with Crippen LogP contribution in [0.25, 0.3) is 0 Å². The van der Waals surface area contributed by atoms with Crippen molar-refractivity contribution in [1.82, 2.24) is 9.88 Å². The van der Waals surface area contributed by atoms with Crippen molar-refractivity contribution < 1.29 is 9.59 Å². The summed E-state index contributed by atoms with van der Waals surface area (Å²) in [5, 5.41) is 5.48. The molecule has 0 bridgehead atoms. The van der Waals surface area contributed by atoms with Crippen molar-refractivity contribution in [3.63, 3.8) is 0 Å². The first-order chi connectivity index (χ1) is 13.1. The molecule has 0 aliphatic heterocycles. The van der Waals surface area contributed by atoms with Gasteiger partial charge >= 0.3 is 6.03 Å². The van der Waals surface area contributed by atoms with Crippen molar-refractivity contribution >= 4 is 23.3 Å². The minimum Gasteiger partial charge on any atom is -0.336 e. The lowest BCUT2D eigenvalue weighted by Crippen LogP contribution is -2.26. The number of urea groups is 1. The smallest absolute Gasteiger partial charge is 0.323 e. The number of carbonyl (C=O) groups is 2. The Morgan fingerprint density at radius 2 is 1.48 bits per heavy atom. The Hall–Kier alpha value is -3.67. The van der Waals surface area contributed by atoms with Gasteiger partial charge in [-0.3, -0.25) is 9.78 Å². The first-order valence-corrected chi connectivity index (χ1v) is 8.50. The number of amides is 3. The van der Waals surface area contributed by atoms with Gasteiger partial charge in [-0.25, -0.2) is 4.79 Å². The van der Waals surface area contributed by atoms with E-state index in [1.165, 1.54) is 0 Å². The molecule has 3 amide bonds. The van der Waals surface area contributed by atoms with E-state index in [-0.39, 0.29) is 11.9 Å². The highest BCUT2D eigenvalue weighted by atomic mass is 16.2. The minimum atomic E-state index is -0.340. The molecule has 1 heterocycles. The molecule has 6 heteroatoms. The number of carbonyl (C=O) groups excluding carboxylic acids is 2. The van der Waals surface area contributed by atoms with E-state index in [0.29, 0.717) is 23.5 Å². The van der Waals surface area contributed by atoms with Crippen LogP contribution in [0.15, 0.2) is 79.0 Å². The average Bonchev–Trinajstić information content (AvgIpc) is 2.69. The number of para-hydroxylation sites is 1. The number of nitrogens with zero attached hydrogens (tertiary/aromatic N) is 2. The summed E-state index contributed by atoms with van der Waals surface area (Å²) in [6.07, 6.45) is 1.70. The van der Waals surface area contributed by atoms with E-state index in [0.717, 1.165) is 5.69 Å². The summed E-state index contributed by atoms with van der Waals surface area (Å²) in [7, 11) is 1.73. The van der Waals surface area contributed by atoms with Crippen LogP contribution in [0.4, 0.5) is 16.2 Å². The molecule has 0 unspecified atom stereocenters. The third-order valence-electron chi connectivity index (χ3n) is 3.89. The molecule has 0 spiro atoms. The van der Waals surface area contributed by atoms with Crippen LogP contribution in [0.3, 0.4) is 0 Å². The van der Waals surface area contributed by atoms with Gasteiger partial charge in [0.15, 0.2) is 0 Å². The van der Waals surface area contributed by atoms with Gasteiger partial charge in [0, 0.05) is 30.2 Å². The van der Waals surface area contributed by atoms with Gasteiger partial charge in [-0.1, -0.05) is 24.3 Å². The lowest BCUT2D eigenvalue weighted by molar-refractivity contribution is 0.0783. The fraction of sp³-hybridized carbons (Fsp3) is 0.0952. The van der Waals surface area contributed by atoms with Crippen molar-refractivity contribution in [1.29, 1.82) is 0 Å². The zero-order chi connectivity index (χ0) is 19.1. The summed E-state index contributed by atoms with van der Waals surface area (Å²) < 4.78 is 0. The quantitative estimate of drug-likeness (QED) is 0.722. The number of nitrogens with one attached hydrogen (secondary N) is 2. The topological polar surface area (TPSA) is 74.3 Å². The van der Waals surface area contributed by atoms with Gasteiger partial charge in [0.2, 0.25) is 0 Å². The summed E-state index contributed by atoms with van der Waals surface area (Å²) in [6, 6.07) is 21.2. The Morgan fingerprint density at radius 3 is 2.11 bits per heavy atom. The molecule has 0 atom stereocenters. The Bertz CT molecular complexity index is 896. The van der Waals surface area contributed by atoms with Crippen LogP contribution < -0.4 is 10.6 Å². The number of aromatic nitrogens is 1. The monoisotopic (exact) mass is 360 g/mol. The van der Waals surface area contributed by atoms with Gasteiger partial charge in [-0.2, -0.15) is 0 Å². The number of rotatable bonds is 5. The van der Waals surface area contributed by atoms with Crippen LogP contribution >= 0.6 is 0 Å². The molecule has 0 fully saturated rings. The van der Waals surface area contributed by atoms with Gasteiger partial charge in [0.05, 0.1) is 12.2 Å². The van der Waals surface area contributed by atoms with E-state index in [9.17, 15) is 9.59 Å². The normalized spacial score (nSPS) is 10.1. The van der Waals surface area contributed by atoms with Gasteiger partial charge in [-0.15, -0.1) is 0 Å². The standard InChI is InChI=1S/C21H20N4O2/c1-25(15-19-9-5-6-14-22-19)20(26)16-10-12-18(13-11-16)24-21(27)23-17-7-3-2-4-8-17/h2-14H,15H2,1H3,(H2,23,24,27). The van der Waals surface area contributed by atoms with Crippen molar-refractivity contribution in [2.75, 3.05) is 17.7 Å². The van der Waals surface area contributed by atoms with E-state index in [1.54, 1.807) is 54.5 Å². The van der Waals surface area contributed by atoms with E-state index >= 15 is 0 Å². The number of anilines is 2. The summed E-state index contributed by atoms with van der Waals surface area (Å²) in [5.41, 5.74) is 2.68. The lowest BCUT2D eigenvalue weighted by atomic mass is 10.2. The molecule has 0 saturated heterocycles. The van der Waals surface area contributed by atoms with Crippen molar-refractivity contribution in [3.05, 3.63) is 90.3 Å². The third kappa shape index (κ3) is 5.15. The van der Waals surface area contributed by atoms with Crippen LogP contribution in [-0.4, -0.2) is 28.9 Å². The molecule has 0 radical (unpaired) electrons. The second-order valence-electron chi connectivity index (χ2n) is 6.00. The van der Waals surface area contributed by atoms with Crippen molar-refractivity contribution in [2.45, 2.75) is 6.54 Å². The van der Waals surface area contributed by atoms with Crippen LogP contribution in [-0.2, 0) is 6.54 Å². The summed E-state index contributed by atoms with van der Waals surface area (Å²) in [5.74, 6) is -0.110. The highest BCUT2D eigenvalue weighted by Gasteiger charge is 2.12. The van der Waals surface area contributed by atoms with E-state index in [2.05, 4.69) is 15.6 Å². The zero-order valence-electron chi connectivity index (χ0n) is 14.9. The van der Waals surface area contributed by atoms with Crippen LogP contribution in [0.2, 0.25) is 0 Å². The van der Waals surface area contributed by atoms with E-state index < -0.39 is 0 Å². The molecule has 136 valence electrons. The fourth-order valence-electron chi connectivity index (χ4n) is 2.54.